The number of pyridine rings is 1. The van der Waals surface area contributed by atoms with E-state index in [0.29, 0.717) is 5.88 Å². The minimum atomic E-state index is 0.478. The molecule has 0 radical (unpaired) electrons. The Morgan fingerprint density at radius 3 is 2.68 bits per heavy atom. The Labute approximate surface area is 119 Å². The molecule has 4 nitrogen and oxygen atoms in total. The molecular formula is C14H19ClN4. The van der Waals surface area contributed by atoms with E-state index in [1.807, 2.05) is 33.4 Å². The van der Waals surface area contributed by atoms with Crippen LogP contribution in [0.5, 0.6) is 0 Å². The number of hydrogen-bond donors (Lipinski definition) is 0. The molecule has 2 heterocycles. The van der Waals surface area contributed by atoms with Gasteiger partial charge in [0, 0.05) is 43.7 Å². The fraction of sp³-hybridized carbons (Fsp3) is 0.429. The molecule has 0 atom stereocenters. The lowest BCUT2D eigenvalue weighted by Crippen LogP contribution is -2.20. The second kappa shape index (κ2) is 5.61. The maximum Gasteiger partial charge on any atom is 0.133 e. The number of anilines is 1. The zero-order valence-corrected chi connectivity index (χ0v) is 12.6. The van der Waals surface area contributed by atoms with E-state index in [9.17, 15) is 0 Å². The molecule has 0 saturated carbocycles. The lowest BCUT2D eigenvalue weighted by atomic mass is 10.1. The van der Waals surface area contributed by atoms with Crippen molar-refractivity contribution in [2.24, 2.45) is 7.05 Å². The molecule has 0 aliphatic carbocycles. The third-order valence-electron chi connectivity index (χ3n) is 3.13. The van der Waals surface area contributed by atoms with Crippen LogP contribution in [0.15, 0.2) is 18.5 Å². The molecule has 0 aliphatic heterocycles. The molecular weight excluding hydrogens is 260 g/mol. The second-order valence-corrected chi connectivity index (χ2v) is 5.16. The van der Waals surface area contributed by atoms with Gasteiger partial charge in [0.25, 0.3) is 0 Å². The van der Waals surface area contributed by atoms with Gasteiger partial charge in [-0.1, -0.05) is 0 Å². The van der Waals surface area contributed by atoms with Crippen LogP contribution in [0.3, 0.4) is 0 Å². The first kappa shape index (κ1) is 13.9. The standard InChI is InChI=1S/C14H19ClN4/c1-10-5-11(2)17-14(13(10)6-15)18(3)8-12-7-16-19(4)9-12/h5,7,9H,6,8H2,1-4H3. The summed E-state index contributed by atoms with van der Waals surface area (Å²) in [7, 11) is 3.95. The fourth-order valence-corrected chi connectivity index (χ4v) is 2.56. The van der Waals surface area contributed by atoms with E-state index in [0.717, 1.165) is 29.2 Å². The van der Waals surface area contributed by atoms with Crippen LogP contribution in [0.1, 0.15) is 22.4 Å². The average molecular weight is 279 g/mol. The van der Waals surface area contributed by atoms with Crippen molar-refractivity contribution >= 4 is 17.4 Å². The number of halogens is 1. The Hall–Kier alpha value is -1.55. The minimum Gasteiger partial charge on any atom is -0.355 e. The van der Waals surface area contributed by atoms with Crippen molar-refractivity contribution in [2.45, 2.75) is 26.3 Å². The molecule has 0 unspecified atom stereocenters. The molecule has 0 bridgehead atoms. The first-order chi connectivity index (χ1) is 9.01. The van der Waals surface area contributed by atoms with Crippen LogP contribution in [0.25, 0.3) is 0 Å². The Morgan fingerprint density at radius 2 is 2.11 bits per heavy atom. The lowest BCUT2D eigenvalue weighted by Gasteiger charge is -2.21. The summed E-state index contributed by atoms with van der Waals surface area (Å²) in [5.41, 5.74) is 4.46. The van der Waals surface area contributed by atoms with Crippen LogP contribution < -0.4 is 4.90 Å². The molecule has 2 rings (SSSR count). The van der Waals surface area contributed by atoms with Crippen molar-refractivity contribution in [3.63, 3.8) is 0 Å². The van der Waals surface area contributed by atoms with E-state index < -0.39 is 0 Å². The van der Waals surface area contributed by atoms with Crippen molar-refractivity contribution in [1.29, 1.82) is 0 Å². The van der Waals surface area contributed by atoms with Crippen molar-refractivity contribution in [1.82, 2.24) is 14.8 Å². The summed E-state index contributed by atoms with van der Waals surface area (Å²) in [5, 5.41) is 4.18. The van der Waals surface area contributed by atoms with Gasteiger partial charge in [-0.3, -0.25) is 4.68 Å². The van der Waals surface area contributed by atoms with Crippen LogP contribution in [0.2, 0.25) is 0 Å². The smallest absolute Gasteiger partial charge is 0.133 e. The fourth-order valence-electron chi connectivity index (χ4n) is 2.23. The van der Waals surface area contributed by atoms with Crippen LogP contribution in [0.4, 0.5) is 5.82 Å². The molecule has 19 heavy (non-hydrogen) atoms. The highest BCUT2D eigenvalue weighted by atomic mass is 35.5. The summed E-state index contributed by atoms with van der Waals surface area (Å²) in [5.74, 6) is 1.43. The summed E-state index contributed by atoms with van der Waals surface area (Å²) < 4.78 is 1.81. The molecule has 0 amide bonds. The zero-order chi connectivity index (χ0) is 14.0. The van der Waals surface area contributed by atoms with Gasteiger partial charge >= 0.3 is 0 Å². The van der Waals surface area contributed by atoms with Gasteiger partial charge in [0.2, 0.25) is 0 Å². The third kappa shape index (κ3) is 3.07. The van der Waals surface area contributed by atoms with Crippen molar-refractivity contribution < 1.29 is 0 Å². The predicted molar refractivity (Wildman–Crippen MR) is 78.6 cm³/mol. The van der Waals surface area contributed by atoms with Crippen molar-refractivity contribution in [2.75, 3.05) is 11.9 Å². The number of rotatable bonds is 4. The van der Waals surface area contributed by atoms with Crippen LogP contribution in [0, 0.1) is 13.8 Å². The van der Waals surface area contributed by atoms with Gasteiger partial charge in [-0.05, 0) is 25.5 Å². The Kier molecular flexibility index (Phi) is 4.10. The van der Waals surface area contributed by atoms with Gasteiger partial charge < -0.3 is 4.90 Å². The molecule has 0 spiro atoms. The maximum atomic E-state index is 6.06. The molecule has 0 saturated heterocycles. The highest BCUT2D eigenvalue weighted by Crippen LogP contribution is 2.24. The van der Waals surface area contributed by atoms with Gasteiger partial charge in [-0.15, -0.1) is 11.6 Å². The van der Waals surface area contributed by atoms with E-state index in [2.05, 4.69) is 28.0 Å². The quantitative estimate of drug-likeness (QED) is 0.807. The van der Waals surface area contributed by atoms with Gasteiger partial charge in [0.05, 0.1) is 12.1 Å². The number of hydrogen-bond acceptors (Lipinski definition) is 3. The summed E-state index contributed by atoms with van der Waals surface area (Å²) >= 11 is 6.06. The van der Waals surface area contributed by atoms with Crippen LogP contribution in [-0.4, -0.2) is 21.8 Å². The van der Waals surface area contributed by atoms with Crippen LogP contribution in [-0.2, 0) is 19.5 Å². The predicted octanol–water partition coefficient (Wildman–Crippen LogP) is 2.81. The number of nitrogens with zero attached hydrogens (tertiary/aromatic N) is 4. The molecule has 0 fully saturated rings. The highest BCUT2D eigenvalue weighted by Gasteiger charge is 2.13. The van der Waals surface area contributed by atoms with E-state index in [-0.39, 0.29) is 0 Å². The lowest BCUT2D eigenvalue weighted by molar-refractivity contribution is 0.766. The highest BCUT2D eigenvalue weighted by molar-refractivity contribution is 6.17. The Bertz CT molecular complexity index is 577. The van der Waals surface area contributed by atoms with E-state index in [1.54, 1.807) is 4.68 Å². The summed E-state index contributed by atoms with van der Waals surface area (Å²) in [6, 6.07) is 2.07. The Morgan fingerprint density at radius 1 is 1.37 bits per heavy atom. The molecule has 0 aliphatic rings. The van der Waals surface area contributed by atoms with Crippen molar-refractivity contribution in [3.8, 4) is 0 Å². The zero-order valence-electron chi connectivity index (χ0n) is 11.8. The Balaban J connectivity index is 2.30. The molecule has 5 heteroatoms. The number of aromatic nitrogens is 3. The van der Waals surface area contributed by atoms with Crippen LogP contribution >= 0.6 is 11.6 Å². The van der Waals surface area contributed by atoms with Gasteiger partial charge in [-0.25, -0.2) is 4.98 Å². The summed E-state index contributed by atoms with van der Waals surface area (Å²) in [6.45, 7) is 4.86. The van der Waals surface area contributed by atoms with Gasteiger partial charge in [0.1, 0.15) is 5.82 Å². The minimum absolute atomic E-state index is 0.478. The summed E-state index contributed by atoms with van der Waals surface area (Å²) in [4.78, 5) is 6.74. The molecule has 2 aromatic rings. The van der Waals surface area contributed by atoms with Crippen molar-refractivity contribution in [3.05, 3.63) is 40.8 Å². The SMILES string of the molecule is Cc1cc(C)c(CCl)c(N(C)Cc2cnn(C)c2)n1. The largest absolute Gasteiger partial charge is 0.355 e. The average Bonchev–Trinajstić information content (AvgIpc) is 2.73. The third-order valence-corrected chi connectivity index (χ3v) is 3.39. The molecule has 2 aromatic heterocycles. The monoisotopic (exact) mass is 278 g/mol. The van der Waals surface area contributed by atoms with Gasteiger partial charge in [0.15, 0.2) is 0 Å². The van der Waals surface area contributed by atoms with E-state index in [1.165, 1.54) is 5.56 Å². The topological polar surface area (TPSA) is 34.0 Å². The maximum absolute atomic E-state index is 6.06. The number of aryl methyl sites for hydroxylation is 3. The molecule has 0 aromatic carbocycles. The molecule has 102 valence electrons. The van der Waals surface area contributed by atoms with Gasteiger partial charge in [-0.2, -0.15) is 5.10 Å². The normalized spacial score (nSPS) is 10.8. The second-order valence-electron chi connectivity index (χ2n) is 4.89. The summed E-state index contributed by atoms with van der Waals surface area (Å²) in [6.07, 6.45) is 3.89. The first-order valence-corrected chi connectivity index (χ1v) is 6.76. The molecule has 0 N–H and O–H groups in total. The van der Waals surface area contributed by atoms with E-state index in [4.69, 9.17) is 11.6 Å². The first-order valence-electron chi connectivity index (χ1n) is 6.23. The number of alkyl halides is 1. The van der Waals surface area contributed by atoms with E-state index >= 15 is 0 Å².